The predicted molar refractivity (Wildman–Crippen MR) is 123 cm³/mol. The SMILES string of the molecule is CC(C)c1ccc(N2C(=O)C(=O)/C(=C(\O)c3cccc([N+](=O)[O-])c3)C2c2ccncc2)cc1. The van der Waals surface area contributed by atoms with Gasteiger partial charge in [0.15, 0.2) is 0 Å². The summed E-state index contributed by atoms with van der Waals surface area (Å²) in [5.74, 6) is -1.84. The number of non-ortho nitro benzene ring substituents is 1. The molecule has 0 spiro atoms. The summed E-state index contributed by atoms with van der Waals surface area (Å²) in [6.45, 7) is 4.11. The molecule has 166 valence electrons. The Morgan fingerprint density at radius 2 is 1.73 bits per heavy atom. The molecule has 2 aromatic carbocycles. The van der Waals surface area contributed by atoms with Gasteiger partial charge in [-0.15, -0.1) is 0 Å². The summed E-state index contributed by atoms with van der Waals surface area (Å²) in [7, 11) is 0. The largest absolute Gasteiger partial charge is 0.507 e. The maximum atomic E-state index is 13.1. The number of rotatable bonds is 5. The van der Waals surface area contributed by atoms with E-state index in [0.29, 0.717) is 17.2 Å². The van der Waals surface area contributed by atoms with Gasteiger partial charge >= 0.3 is 0 Å². The van der Waals surface area contributed by atoms with Crippen LogP contribution in [0.2, 0.25) is 0 Å². The number of Topliss-reactive ketones (excluding diaryl/α,β-unsaturated/α-hetero) is 1. The molecule has 0 bridgehead atoms. The Morgan fingerprint density at radius 1 is 1.06 bits per heavy atom. The van der Waals surface area contributed by atoms with E-state index in [9.17, 15) is 24.8 Å². The minimum absolute atomic E-state index is 0.0800. The van der Waals surface area contributed by atoms with Crippen LogP contribution in [0, 0.1) is 10.1 Å². The molecule has 0 saturated carbocycles. The Bertz CT molecular complexity index is 1270. The van der Waals surface area contributed by atoms with Crippen molar-refractivity contribution in [2.45, 2.75) is 25.8 Å². The second-order valence-electron chi connectivity index (χ2n) is 8.00. The van der Waals surface area contributed by atoms with Crippen LogP contribution in [0.5, 0.6) is 0 Å². The molecule has 0 radical (unpaired) electrons. The lowest BCUT2D eigenvalue weighted by Crippen LogP contribution is -2.29. The first-order valence-electron chi connectivity index (χ1n) is 10.3. The van der Waals surface area contributed by atoms with E-state index in [0.717, 1.165) is 5.56 Å². The molecule has 3 aromatic rings. The van der Waals surface area contributed by atoms with Gasteiger partial charge in [0.1, 0.15) is 5.76 Å². The van der Waals surface area contributed by atoms with E-state index in [1.54, 1.807) is 24.3 Å². The van der Waals surface area contributed by atoms with Crippen LogP contribution in [0.3, 0.4) is 0 Å². The number of hydrogen-bond donors (Lipinski definition) is 1. The molecule has 1 saturated heterocycles. The fraction of sp³-hybridized carbons (Fsp3) is 0.160. The Labute approximate surface area is 190 Å². The summed E-state index contributed by atoms with van der Waals surface area (Å²) in [4.78, 5) is 42.2. The summed E-state index contributed by atoms with van der Waals surface area (Å²) < 4.78 is 0. The standard InChI is InChI=1S/C25H21N3O5/c1-15(2)16-6-8-19(9-7-16)27-22(17-10-12-26-13-11-17)21(24(30)25(27)31)23(29)18-4-3-5-20(14-18)28(32)33/h3-15,22,29H,1-2H3/b23-21-. The maximum absolute atomic E-state index is 13.1. The zero-order valence-corrected chi connectivity index (χ0v) is 18.0. The third kappa shape index (κ3) is 3.98. The van der Waals surface area contributed by atoms with Crippen LogP contribution in [0.1, 0.15) is 42.5 Å². The van der Waals surface area contributed by atoms with E-state index in [-0.39, 0.29) is 16.8 Å². The molecule has 1 fully saturated rings. The molecule has 1 atom stereocenters. The first kappa shape index (κ1) is 21.9. The van der Waals surface area contributed by atoms with Crippen LogP contribution in [-0.4, -0.2) is 26.7 Å². The minimum Gasteiger partial charge on any atom is -0.507 e. The third-order valence-electron chi connectivity index (χ3n) is 5.63. The molecule has 0 aliphatic carbocycles. The van der Waals surface area contributed by atoms with Crippen molar-refractivity contribution < 1.29 is 19.6 Å². The number of aliphatic hydroxyl groups is 1. The van der Waals surface area contributed by atoms with Crippen molar-refractivity contribution in [1.82, 2.24) is 4.98 Å². The normalized spacial score (nSPS) is 17.5. The average Bonchev–Trinajstić information content (AvgIpc) is 3.09. The molecule has 1 aliphatic rings. The Kier molecular flexibility index (Phi) is 5.74. The summed E-state index contributed by atoms with van der Waals surface area (Å²) in [5, 5.41) is 22.3. The number of nitrogens with zero attached hydrogens (tertiary/aromatic N) is 3. The van der Waals surface area contributed by atoms with Gasteiger partial charge in [0.2, 0.25) is 0 Å². The molecule has 4 rings (SSSR count). The summed E-state index contributed by atoms with van der Waals surface area (Å²) in [6, 6.07) is 15.0. The van der Waals surface area contributed by atoms with E-state index < -0.39 is 28.4 Å². The first-order valence-corrected chi connectivity index (χ1v) is 10.3. The number of carbonyl (C=O) groups is 2. The third-order valence-corrected chi connectivity index (χ3v) is 5.63. The van der Waals surface area contributed by atoms with Crippen molar-refractivity contribution in [3.63, 3.8) is 0 Å². The number of ketones is 1. The van der Waals surface area contributed by atoms with Crippen molar-refractivity contribution >= 4 is 28.8 Å². The van der Waals surface area contributed by atoms with Gasteiger partial charge in [-0.25, -0.2) is 0 Å². The molecule has 1 unspecified atom stereocenters. The lowest BCUT2D eigenvalue weighted by molar-refractivity contribution is -0.384. The Balaban J connectivity index is 1.90. The van der Waals surface area contributed by atoms with Crippen molar-refractivity contribution in [2.24, 2.45) is 0 Å². The Hall–Kier alpha value is -4.33. The maximum Gasteiger partial charge on any atom is 0.300 e. The topological polar surface area (TPSA) is 114 Å². The van der Waals surface area contributed by atoms with E-state index in [1.165, 1.54) is 41.6 Å². The minimum atomic E-state index is -0.919. The van der Waals surface area contributed by atoms with E-state index in [1.807, 2.05) is 12.1 Å². The van der Waals surface area contributed by atoms with Crippen molar-refractivity contribution in [1.29, 1.82) is 0 Å². The molecule has 33 heavy (non-hydrogen) atoms. The molecule has 1 N–H and O–H groups in total. The van der Waals surface area contributed by atoms with Gasteiger partial charge < -0.3 is 5.11 Å². The zero-order valence-electron chi connectivity index (χ0n) is 18.0. The van der Waals surface area contributed by atoms with Gasteiger partial charge in [-0.1, -0.05) is 38.1 Å². The lowest BCUT2D eigenvalue weighted by Gasteiger charge is -2.25. The summed E-state index contributed by atoms with van der Waals surface area (Å²) >= 11 is 0. The number of nitro groups is 1. The van der Waals surface area contributed by atoms with Crippen LogP contribution in [0.25, 0.3) is 5.76 Å². The predicted octanol–water partition coefficient (Wildman–Crippen LogP) is 4.74. The number of aromatic nitrogens is 1. The van der Waals surface area contributed by atoms with Crippen LogP contribution in [-0.2, 0) is 9.59 Å². The number of pyridine rings is 1. The molecular formula is C25H21N3O5. The highest BCUT2D eigenvalue weighted by atomic mass is 16.6. The molecule has 1 amide bonds. The van der Waals surface area contributed by atoms with E-state index in [2.05, 4.69) is 18.8 Å². The lowest BCUT2D eigenvalue weighted by atomic mass is 9.95. The first-order chi connectivity index (χ1) is 15.8. The molecule has 1 aliphatic heterocycles. The van der Waals surface area contributed by atoms with Gasteiger partial charge in [0.05, 0.1) is 16.5 Å². The van der Waals surface area contributed by atoms with Crippen LogP contribution >= 0.6 is 0 Å². The molecule has 8 nitrogen and oxygen atoms in total. The van der Waals surface area contributed by atoms with E-state index >= 15 is 0 Å². The highest BCUT2D eigenvalue weighted by Gasteiger charge is 2.47. The number of benzene rings is 2. The highest BCUT2D eigenvalue weighted by molar-refractivity contribution is 6.51. The average molecular weight is 443 g/mol. The van der Waals surface area contributed by atoms with Crippen molar-refractivity contribution in [2.75, 3.05) is 4.90 Å². The van der Waals surface area contributed by atoms with Crippen molar-refractivity contribution in [3.8, 4) is 0 Å². The highest BCUT2D eigenvalue weighted by Crippen LogP contribution is 2.42. The van der Waals surface area contributed by atoms with E-state index in [4.69, 9.17) is 0 Å². The number of nitro benzene ring substituents is 1. The molecule has 8 heteroatoms. The molecule has 1 aromatic heterocycles. The number of anilines is 1. The summed E-state index contributed by atoms with van der Waals surface area (Å²) in [6.07, 6.45) is 3.06. The monoisotopic (exact) mass is 443 g/mol. The molecular weight excluding hydrogens is 422 g/mol. The van der Waals surface area contributed by atoms with Gasteiger partial charge in [-0.05, 0) is 41.3 Å². The fourth-order valence-electron chi connectivity index (χ4n) is 3.90. The number of aliphatic hydroxyl groups excluding tert-OH is 1. The van der Waals surface area contributed by atoms with Gasteiger partial charge in [-0.2, -0.15) is 0 Å². The van der Waals surface area contributed by atoms with Gasteiger partial charge in [0.25, 0.3) is 17.4 Å². The second kappa shape index (κ2) is 8.66. The zero-order chi connectivity index (χ0) is 23.7. The number of amides is 1. The summed E-state index contributed by atoms with van der Waals surface area (Å²) in [5.41, 5.74) is 1.85. The number of hydrogen-bond acceptors (Lipinski definition) is 6. The smallest absolute Gasteiger partial charge is 0.300 e. The molecule has 2 heterocycles. The van der Waals surface area contributed by atoms with Crippen LogP contribution in [0.4, 0.5) is 11.4 Å². The van der Waals surface area contributed by atoms with Crippen LogP contribution in [0.15, 0.2) is 78.6 Å². The quantitative estimate of drug-likeness (QED) is 0.200. The second-order valence-corrected chi connectivity index (χ2v) is 8.00. The van der Waals surface area contributed by atoms with Crippen LogP contribution < -0.4 is 4.90 Å². The number of carbonyl (C=O) groups excluding carboxylic acids is 2. The van der Waals surface area contributed by atoms with Gasteiger partial charge in [-0.3, -0.25) is 29.6 Å². The van der Waals surface area contributed by atoms with Gasteiger partial charge in [0, 0.05) is 35.8 Å². The Morgan fingerprint density at radius 3 is 2.33 bits per heavy atom. The van der Waals surface area contributed by atoms with Crippen molar-refractivity contribution in [3.05, 3.63) is 105 Å². The fourth-order valence-corrected chi connectivity index (χ4v) is 3.90.